The van der Waals surface area contributed by atoms with Gasteiger partial charge in [0.25, 0.3) is 0 Å². The molecule has 0 amide bonds. The molecule has 4 heteroatoms. The van der Waals surface area contributed by atoms with E-state index < -0.39 is 0 Å². The molecule has 1 aromatic rings. The van der Waals surface area contributed by atoms with Crippen molar-refractivity contribution in [1.82, 2.24) is 4.98 Å². The van der Waals surface area contributed by atoms with Gasteiger partial charge in [-0.2, -0.15) is 0 Å². The van der Waals surface area contributed by atoms with E-state index in [0.29, 0.717) is 5.92 Å². The van der Waals surface area contributed by atoms with Gasteiger partial charge in [-0.25, -0.2) is 0 Å². The molecule has 2 aliphatic rings. The Balaban J connectivity index is 1.53. The Morgan fingerprint density at radius 2 is 2.14 bits per heavy atom. The van der Waals surface area contributed by atoms with E-state index in [1.54, 1.807) is 0 Å². The van der Waals surface area contributed by atoms with Crippen LogP contribution in [0.4, 0.5) is 0 Å². The summed E-state index contributed by atoms with van der Waals surface area (Å²) in [5.41, 5.74) is 7.66. The third-order valence-corrected chi connectivity index (χ3v) is 5.00. The van der Waals surface area contributed by atoms with E-state index in [2.05, 4.69) is 11.1 Å². The Bertz CT molecular complexity index is 426. The van der Waals surface area contributed by atoms with Gasteiger partial charge in [-0.15, -0.1) is 0 Å². The van der Waals surface area contributed by atoms with Crippen LogP contribution in [0.2, 0.25) is 0 Å². The minimum atomic E-state index is 0.0454. The zero-order chi connectivity index (χ0) is 14.5. The number of aromatic nitrogens is 1. The second-order valence-corrected chi connectivity index (χ2v) is 6.42. The zero-order valence-electron chi connectivity index (χ0n) is 12.7. The molecule has 116 valence electrons. The van der Waals surface area contributed by atoms with Crippen LogP contribution < -0.4 is 5.73 Å². The lowest BCUT2D eigenvalue weighted by molar-refractivity contribution is -0.149. The predicted molar refractivity (Wildman–Crippen MR) is 82.0 cm³/mol. The van der Waals surface area contributed by atoms with Crippen LogP contribution in [0.15, 0.2) is 24.4 Å². The minimum absolute atomic E-state index is 0.0454. The zero-order valence-corrected chi connectivity index (χ0v) is 12.7. The van der Waals surface area contributed by atoms with Crippen molar-refractivity contribution in [2.24, 2.45) is 11.7 Å². The highest BCUT2D eigenvalue weighted by molar-refractivity contribution is 5.04. The molecule has 1 aromatic heterocycles. The predicted octanol–water partition coefficient (Wildman–Crippen LogP) is 2.32. The van der Waals surface area contributed by atoms with Gasteiger partial charge >= 0.3 is 0 Å². The molecule has 3 heterocycles. The first-order chi connectivity index (χ1) is 10.3. The average Bonchev–Trinajstić information content (AvgIpc) is 2.54. The van der Waals surface area contributed by atoms with Gasteiger partial charge in [-0.05, 0) is 56.6 Å². The van der Waals surface area contributed by atoms with E-state index in [1.165, 1.54) is 0 Å². The van der Waals surface area contributed by atoms with E-state index in [-0.39, 0.29) is 11.6 Å². The van der Waals surface area contributed by atoms with E-state index in [4.69, 9.17) is 15.2 Å². The normalized spacial score (nSPS) is 26.6. The van der Waals surface area contributed by atoms with Gasteiger partial charge in [0, 0.05) is 37.8 Å². The van der Waals surface area contributed by atoms with Gasteiger partial charge in [0.15, 0.2) is 0 Å². The highest BCUT2D eigenvalue weighted by Crippen LogP contribution is 2.38. The largest absolute Gasteiger partial charge is 0.381 e. The van der Waals surface area contributed by atoms with Crippen molar-refractivity contribution in [2.75, 3.05) is 19.8 Å². The maximum absolute atomic E-state index is 6.47. The summed E-state index contributed by atoms with van der Waals surface area (Å²) in [6, 6.07) is 6.32. The lowest BCUT2D eigenvalue weighted by Crippen LogP contribution is -2.48. The fraction of sp³-hybridized carbons (Fsp3) is 0.706. The molecule has 0 radical (unpaired) electrons. The second-order valence-electron chi connectivity index (χ2n) is 6.42. The van der Waals surface area contributed by atoms with Gasteiger partial charge in [0.05, 0.1) is 5.60 Å². The van der Waals surface area contributed by atoms with Crippen molar-refractivity contribution < 1.29 is 9.47 Å². The molecule has 2 N–H and O–H groups in total. The molecule has 2 atom stereocenters. The van der Waals surface area contributed by atoms with Crippen LogP contribution in [0.1, 0.15) is 37.8 Å². The number of hydrogen-bond donors (Lipinski definition) is 1. The highest BCUT2D eigenvalue weighted by Gasteiger charge is 2.40. The monoisotopic (exact) mass is 290 g/mol. The first-order valence-corrected chi connectivity index (χ1v) is 8.15. The molecule has 2 unspecified atom stereocenters. The third-order valence-electron chi connectivity index (χ3n) is 5.00. The Morgan fingerprint density at radius 3 is 2.90 bits per heavy atom. The summed E-state index contributed by atoms with van der Waals surface area (Å²) >= 11 is 0. The van der Waals surface area contributed by atoms with Crippen LogP contribution in [-0.4, -0.2) is 36.4 Å². The van der Waals surface area contributed by atoms with Crippen LogP contribution in [0.3, 0.4) is 0 Å². The van der Waals surface area contributed by atoms with Crippen molar-refractivity contribution in [3.63, 3.8) is 0 Å². The smallest absolute Gasteiger partial charge is 0.0729 e. The van der Waals surface area contributed by atoms with Gasteiger partial charge in [-0.3, -0.25) is 4.98 Å². The summed E-state index contributed by atoms with van der Waals surface area (Å²) in [5.74, 6) is 0.570. The van der Waals surface area contributed by atoms with Crippen molar-refractivity contribution in [3.05, 3.63) is 30.1 Å². The van der Waals surface area contributed by atoms with Gasteiger partial charge in [-0.1, -0.05) is 6.07 Å². The molecule has 3 rings (SSSR count). The molecule has 21 heavy (non-hydrogen) atoms. The van der Waals surface area contributed by atoms with Crippen LogP contribution in [0.25, 0.3) is 0 Å². The van der Waals surface area contributed by atoms with Crippen molar-refractivity contribution in [1.29, 1.82) is 0 Å². The quantitative estimate of drug-likeness (QED) is 0.924. The molecule has 2 fully saturated rings. The summed E-state index contributed by atoms with van der Waals surface area (Å²) in [7, 11) is 0. The molecule has 2 aliphatic heterocycles. The van der Waals surface area contributed by atoms with Gasteiger partial charge in [0.1, 0.15) is 0 Å². The van der Waals surface area contributed by atoms with Crippen LogP contribution in [0, 0.1) is 5.92 Å². The van der Waals surface area contributed by atoms with Crippen molar-refractivity contribution in [3.8, 4) is 0 Å². The number of pyridine rings is 1. The lowest BCUT2D eigenvalue weighted by Gasteiger charge is -2.44. The second kappa shape index (κ2) is 6.86. The number of rotatable bonds is 4. The number of nitrogens with two attached hydrogens (primary N) is 1. The molecule has 0 saturated carbocycles. The third kappa shape index (κ3) is 3.82. The van der Waals surface area contributed by atoms with E-state index in [9.17, 15) is 0 Å². The number of hydrogen-bond acceptors (Lipinski definition) is 4. The maximum atomic E-state index is 6.47. The summed E-state index contributed by atoms with van der Waals surface area (Å²) < 4.78 is 11.6. The Labute approximate surface area is 127 Å². The standard InChI is InChI=1S/C17H26N2O2/c18-16(5-4-15-3-1-2-9-19-15)14-6-10-21-17(13-14)7-11-20-12-8-17/h1-3,9,14,16H,4-8,10-13,18H2. The summed E-state index contributed by atoms with van der Waals surface area (Å²) in [6.45, 7) is 2.51. The average molecular weight is 290 g/mol. The van der Waals surface area contributed by atoms with Gasteiger partial charge < -0.3 is 15.2 Å². The number of ether oxygens (including phenoxy) is 2. The van der Waals surface area contributed by atoms with Crippen molar-refractivity contribution >= 4 is 0 Å². The molecule has 2 saturated heterocycles. The molecule has 0 aromatic carbocycles. The first-order valence-electron chi connectivity index (χ1n) is 8.15. The minimum Gasteiger partial charge on any atom is -0.381 e. The summed E-state index contributed by atoms with van der Waals surface area (Å²) in [6.07, 6.45) is 8.06. The van der Waals surface area contributed by atoms with E-state index in [1.807, 2.05) is 18.3 Å². The topological polar surface area (TPSA) is 57.4 Å². The van der Waals surface area contributed by atoms with E-state index >= 15 is 0 Å². The highest BCUT2D eigenvalue weighted by atomic mass is 16.5. The van der Waals surface area contributed by atoms with E-state index in [0.717, 1.165) is 64.0 Å². The Hall–Kier alpha value is -0.970. The fourth-order valence-corrected chi connectivity index (χ4v) is 3.62. The Kier molecular flexibility index (Phi) is 4.88. The fourth-order valence-electron chi connectivity index (χ4n) is 3.62. The van der Waals surface area contributed by atoms with Crippen LogP contribution >= 0.6 is 0 Å². The molecular weight excluding hydrogens is 264 g/mol. The SMILES string of the molecule is NC(CCc1ccccn1)C1CCOC2(CCOCC2)C1. The molecular formula is C17H26N2O2. The number of nitrogens with zero attached hydrogens (tertiary/aromatic N) is 1. The van der Waals surface area contributed by atoms with Crippen LogP contribution in [0.5, 0.6) is 0 Å². The molecule has 0 aliphatic carbocycles. The maximum Gasteiger partial charge on any atom is 0.0729 e. The molecule has 0 bridgehead atoms. The first kappa shape index (κ1) is 14.9. The van der Waals surface area contributed by atoms with Crippen LogP contribution in [-0.2, 0) is 15.9 Å². The van der Waals surface area contributed by atoms with Crippen molar-refractivity contribution in [2.45, 2.75) is 50.2 Å². The van der Waals surface area contributed by atoms with Gasteiger partial charge in [0.2, 0.25) is 0 Å². The summed E-state index contributed by atoms with van der Waals surface area (Å²) in [4.78, 5) is 4.38. The molecule has 1 spiro atoms. The number of aryl methyl sites for hydroxylation is 1. The lowest BCUT2D eigenvalue weighted by atomic mass is 9.77. The molecule has 4 nitrogen and oxygen atoms in total. The summed E-state index contributed by atoms with van der Waals surface area (Å²) in [5, 5.41) is 0. The Morgan fingerprint density at radius 1 is 1.29 bits per heavy atom.